The van der Waals surface area contributed by atoms with Crippen LogP contribution < -0.4 is 0 Å². The van der Waals surface area contributed by atoms with E-state index in [9.17, 15) is 0 Å². The molecule has 0 amide bonds. The highest BCUT2D eigenvalue weighted by molar-refractivity contribution is 5.28. The normalized spacial score (nSPS) is 19.4. The molecule has 0 heterocycles. The maximum absolute atomic E-state index is 4.50. The van der Waals surface area contributed by atoms with Crippen molar-refractivity contribution >= 4 is 0 Å². The van der Waals surface area contributed by atoms with Crippen molar-refractivity contribution in [2.24, 2.45) is 5.92 Å². The summed E-state index contributed by atoms with van der Waals surface area (Å²) in [4.78, 5) is 0. The first-order chi connectivity index (χ1) is 9.33. The van der Waals surface area contributed by atoms with Gasteiger partial charge in [0.25, 0.3) is 0 Å². The van der Waals surface area contributed by atoms with E-state index in [0.29, 0.717) is 5.92 Å². The number of hydrogen-bond acceptors (Lipinski definition) is 0. The Bertz CT molecular complexity index is 368. The fraction of sp³-hybridized carbons (Fsp3) is 0.579. The zero-order chi connectivity index (χ0) is 13.5. The summed E-state index contributed by atoms with van der Waals surface area (Å²) in [5.41, 5.74) is 2.95. The topological polar surface area (TPSA) is 0 Å². The van der Waals surface area contributed by atoms with Crippen LogP contribution in [0.15, 0.2) is 42.5 Å². The third-order valence-corrected chi connectivity index (χ3v) is 4.69. The predicted octanol–water partition coefficient (Wildman–Crippen LogP) is 6.10. The van der Waals surface area contributed by atoms with Gasteiger partial charge < -0.3 is 0 Å². The smallest absolute Gasteiger partial charge is 0.00456 e. The number of hydrogen-bond donors (Lipinski definition) is 0. The zero-order valence-electron chi connectivity index (χ0n) is 12.4. The van der Waals surface area contributed by atoms with Gasteiger partial charge >= 0.3 is 0 Å². The summed E-state index contributed by atoms with van der Waals surface area (Å²) in [6.45, 7) is 6.80. The van der Waals surface area contributed by atoms with E-state index in [-0.39, 0.29) is 0 Å². The molecular weight excluding hydrogens is 228 g/mol. The molecule has 0 aromatic heterocycles. The monoisotopic (exact) mass is 256 g/mol. The molecule has 0 aliphatic heterocycles. The molecule has 0 radical (unpaired) electrons. The van der Waals surface area contributed by atoms with E-state index in [0.717, 1.165) is 5.92 Å². The molecule has 0 spiro atoms. The highest BCUT2D eigenvalue weighted by Crippen LogP contribution is 2.37. The van der Waals surface area contributed by atoms with Crippen molar-refractivity contribution in [3.05, 3.63) is 48.0 Å². The van der Waals surface area contributed by atoms with Crippen LogP contribution in [0.4, 0.5) is 0 Å². The molecule has 0 nitrogen and oxygen atoms in total. The molecule has 1 saturated carbocycles. The second-order valence-corrected chi connectivity index (χ2v) is 5.99. The third kappa shape index (κ3) is 3.96. The molecule has 1 fully saturated rings. The van der Waals surface area contributed by atoms with Gasteiger partial charge in [-0.2, -0.15) is 0 Å². The van der Waals surface area contributed by atoms with Gasteiger partial charge in [-0.25, -0.2) is 0 Å². The highest BCUT2D eigenvalue weighted by atomic mass is 14.3. The van der Waals surface area contributed by atoms with Gasteiger partial charge in [-0.05, 0) is 30.7 Å². The van der Waals surface area contributed by atoms with Crippen LogP contribution in [-0.4, -0.2) is 0 Å². The summed E-state index contributed by atoms with van der Waals surface area (Å²) >= 11 is 0. The summed E-state index contributed by atoms with van der Waals surface area (Å²) in [6.07, 6.45) is 11.0. The molecule has 19 heavy (non-hydrogen) atoms. The fourth-order valence-electron chi connectivity index (χ4n) is 3.51. The third-order valence-electron chi connectivity index (χ3n) is 4.69. The molecular formula is C19H28. The van der Waals surface area contributed by atoms with E-state index in [1.807, 2.05) is 0 Å². The van der Waals surface area contributed by atoms with Crippen LogP contribution in [0.3, 0.4) is 0 Å². The summed E-state index contributed by atoms with van der Waals surface area (Å²) in [5.74, 6) is 1.32. The lowest BCUT2D eigenvalue weighted by Crippen LogP contribution is -2.12. The molecule has 1 unspecified atom stereocenters. The van der Waals surface area contributed by atoms with Crippen molar-refractivity contribution in [3.63, 3.8) is 0 Å². The summed E-state index contributed by atoms with van der Waals surface area (Å²) in [6, 6.07) is 11.0. The van der Waals surface area contributed by atoms with Crippen molar-refractivity contribution in [1.82, 2.24) is 0 Å². The molecule has 104 valence electrons. The Morgan fingerprint density at radius 3 is 2.21 bits per heavy atom. The van der Waals surface area contributed by atoms with Crippen LogP contribution in [0.25, 0.3) is 0 Å². The average Bonchev–Trinajstić information content (AvgIpc) is 2.40. The second kappa shape index (κ2) is 7.53. The zero-order valence-corrected chi connectivity index (χ0v) is 12.4. The predicted molar refractivity (Wildman–Crippen MR) is 84.4 cm³/mol. The van der Waals surface area contributed by atoms with Crippen LogP contribution in [0, 0.1) is 5.92 Å². The van der Waals surface area contributed by atoms with Crippen molar-refractivity contribution in [1.29, 1.82) is 0 Å². The Hall–Kier alpha value is -1.04. The fourth-order valence-corrected chi connectivity index (χ4v) is 3.51. The van der Waals surface area contributed by atoms with Crippen molar-refractivity contribution in [2.75, 3.05) is 0 Å². The van der Waals surface area contributed by atoms with Crippen molar-refractivity contribution in [3.8, 4) is 0 Å². The number of benzene rings is 1. The van der Waals surface area contributed by atoms with Gasteiger partial charge in [-0.15, -0.1) is 0 Å². The SMILES string of the molecule is C=C(C1CCCCCCC1)C(CC)c1ccccc1. The van der Waals surface area contributed by atoms with Crippen LogP contribution in [0.2, 0.25) is 0 Å². The standard InChI is InChI=1S/C19H28/c1-3-19(18-14-10-7-11-15-18)16(2)17-12-8-5-4-6-9-13-17/h7,10-11,14-15,17,19H,2-6,8-9,12-13H2,1H3. The van der Waals surface area contributed by atoms with Gasteiger partial charge in [0.2, 0.25) is 0 Å². The van der Waals surface area contributed by atoms with Crippen LogP contribution in [0.5, 0.6) is 0 Å². The van der Waals surface area contributed by atoms with E-state index in [1.54, 1.807) is 0 Å². The number of allylic oxidation sites excluding steroid dienone is 1. The lowest BCUT2D eigenvalue weighted by molar-refractivity contribution is 0.404. The Balaban J connectivity index is 2.06. The first kappa shape index (κ1) is 14.4. The van der Waals surface area contributed by atoms with Gasteiger partial charge in [-0.1, -0.05) is 81.5 Å². The Morgan fingerprint density at radius 2 is 1.63 bits per heavy atom. The second-order valence-electron chi connectivity index (χ2n) is 5.99. The lowest BCUT2D eigenvalue weighted by atomic mass is 9.77. The molecule has 0 N–H and O–H groups in total. The maximum atomic E-state index is 4.50. The molecule has 1 aliphatic rings. The average molecular weight is 256 g/mol. The van der Waals surface area contributed by atoms with E-state index in [1.165, 1.54) is 62.5 Å². The Morgan fingerprint density at radius 1 is 1.05 bits per heavy atom. The van der Waals surface area contributed by atoms with Gasteiger partial charge in [0, 0.05) is 5.92 Å². The molecule has 1 aliphatic carbocycles. The van der Waals surface area contributed by atoms with Crippen LogP contribution in [0.1, 0.15) is 69.8 Å². The molecule has 0 heteroatoms. The maximum Gasteiger partial charge on any atom is 0.00456 e. The minimum Gasteiger partial charge on any atom is -0.0990 e. The van der Waals surface area contributed by atoms with Crippen LogP contribution in [-0.2, 0) is 0 Å². The van der Waals surface area contributed by atoms with Gasteiger partial charge in [0.15, 0.2) is 0 Å². The van der Waals surface area contributed by atoms with E-state index < -0.39 is 0 Å². The minimum atomic E-state index is 0.561. The number of rotatable bonds is 4. The first-order valence-electron chi connectivity index (χ1n) is 8.06. The van der Waals surface area contributed by atoms with Gasteiger partial charge in [0.05, 0.1) is 0 Å². The summed E-state index contributed by atoms with van der Waals surface area (Å²) < 4.78 is 0. The molecule has 0 bridgehead atoms. The molecule has 1 aromatic carbocycles. The minimum absolute atomic E-state index is 0.561. The molecule has 1 aromatic rings. The molecule has 0 saturated heterocycles. The Kier molecular flexibility index (Phi) is 5.69. The van der Waals surface area contributed by atoms with E-state index >= 15 is 0 Å². The quantitative estimate of drug-likeness (QED) is 0.571. The van der Waals surface area contributed by atoms with Crippen molar-refractivity contribution in [2.45, 2.75) is 64.2 Å². The van der Waals surface area contributed by atoms with E-state index in [4.69, 9.17) is 0 Å². The first-order valence-corrected chi connectivity index (χ1v) is 8.06. The molecule has 2 rings (SSSR count). The Labute approximate surface area is 118 Å². The highest BCUT2D eigenvalue weighted by Gasteiger charge is 2.21. The van der Waals surface area contributed by atoms with E-state index in [2.05, 4.69) is 43.8 Å². The van der Waals surface area contributed by atoms with Gasteiger partial charge in [-0.3, -0.25) is 0 Å². The van der Waals surface area contributed by atoms with Gasteiger partial charge in [0.1, 0.15) is 0 Å². The lowest BCUT2D eigenvalue weighted by Gasteiger charge is -2.28. The molecule has 1 atom stereocenters. The van der Waals surface area contributed by atoms with Crippen LogP contribution >= 0.6 is 0 Å². The van der Waals surface area contributed by atoms with Crippen molar-refractivity contribution < 1.29 is 0 Å². The summed E-state index contributed by atoms with van der Waals surface area (Å²) in [5, 5.41) is 0. The summed E-state index contributed by atoms with van der Waals surface area (Å²) in [7, 11) is 0. The largest absolute Gasteiger partial charge is 0.0990 e.